The summed E-state index contributed by atoms with van der Waals surface area (Å²) in [6.45, 7) is -0.250. The average molecular weight is 397 g/mol. The van der Waals surface area contributed by atoms with Crippen LogP contribution in [0.5, 0.6) is 5.75 Å². The molecule has 2 aromatic carbocycles. The van der Waals surface area contributed by atoms with Crippen molar-refractivity contribution in [3.63, 3.8) is 0 Å². The second-order valence-corrected chi connectivity index (χ2v) is 6.00. The molecule has 148 valence electrons. The Kier molecular flexibility index (Phi) is 5.50. The van der Waals surface area contributed by atoms with E-state index < -0.39 is 22.6 Å². The zero-order valence-electron chi connectivity index (χ0n) is 14.3. The van der Waals surface area contributed by atoms with Crippen molar-refractivity contribution in [1.82, 2.24) is 0 Å². The van der Waals surface area contributed by atoms with Crippen LogP contribution in [0.3, 0.4) is 0 Å². The largest absolute Gasteiger partial charge is 0.467 e. The molecule has 0 saturated heterocycles. The van der Waals surface area contributed by atoms with Crippen LogP contribution < -0.4 is 4.74 Å². The highest BCUT2D eigenvalue weighted by atomic mass is 19.4. The summed E-state index contributed by atoms with van der Waals surface area (Å²) in [4.78, 5) is 22.5. The minimum Gasteiger partial charge on any atom is -0.467 e. The van der Waals surface area contributed by atoms with Crippen LogP contribution in [0.2, 0.25) is 0 Å². The van der Waals surface area contributed by atoms with Gasteiger partial charge in [0.2, 0.25) is 0 Å². The summed E-state index contributed by atoms with van der Waals surface area (Å²) in [5.41, 5.74) is -0.199. The van der Waals surface area contributed by atoms with Gasteiger partial charge in [-0.1, -0.05) is 18.2 Å². The highest BCUT2D eigenvalue weighted by molar-refractivity contribution is 5.72. The maximum Gasteiger partial charge on any atom is 0.416 e. The molecule has 0 saturated carbocycles. The standard InChI is InChI=1S/C18H14F3NO6/c19-18(20,21)14-3-1-2-11(4-14)5-16(23)27-9-13-7-15(22(24)25)6-12-8-26-10-28-17(12)13/h1-4,6-7H,5,8-10H2. The van der Waals surface area contributed by atoms with Crippen molar-refractivity contribution in [3.05, 3.63) is 68.8 Å². The van der Waals surface area contributed by atoms with E-state index in [9.17, 15) is 28.1 Å². The number of fused-ring (bicyclic) bond motifs is 1. The van der Waals surface area contributed by atoms with Gasteiger partial charge in [0.25, 0.3) is 5.69 Å². The van der Waals surface area contributed by atoms with E-state index in [2.05, 4.69) is 0 Å². The number of carbonyl (C=O) groups excluding carboxylic acids is 1. The monoisotopic (exact) mass is 397 g/mol. The zero-order valence-corrected chi connectivity index (χ0v) is 14.3. The molecule has 7 nitrogen and oxygen atoms in total. The van der Waals surface area contributed by atoms with Crippen LogP contribution in [-0.4, -0.2) is 17.7 Å². The lowest BCUT2D eigenvalue weighted by Crippen LogP contribution is -2.15. The van der Waals surface area contributed by atoms with Crippen molar-refractivity contribution in [3.8, 4) is 5.75 Å². The second-order valence-electron chi connectivity index (χ2n) is 6.00. The molecule has 1 aliphatic rings. The lowest BCUT2D eigenvalue weighted by molar-refractivity contribution is -0.385. The number of ether oxygens (including phenoxy) is 3. The second kappa shape index (κ2) is 7.85. The fourth-order valence-electron chi connectivity index (χ4n) is 2.73. The third-order valence-corrected chi connectivity index (χ3v) is 3.97. The summed E-state index contributed by atoms with van der Waals surface area (Å²) in [6.07, 6.45) is -4.88. The van der Waals surface area contributed by atoms with Crippen LogP contribution in [0.1, 0.15) is 22.3 Å². The van der Waals surface area contributed by atoms with E-state index in [-0.39, 0.29) is 43.2 Å². The summed E-state index contributed by atoms with van der Waals surface area (Å²) in [6, 6.07) is 6.90. The molecule has 0 fully saturated rings. The summed E-state index contributed by atoms with van der Waals surface area (Å²) in [5, 5.41) is 11.1. The van der Waals surface area contributed by atoms with Crippen LogP contribution in [-0.2, 0) is 40.1 Å². The molecular weight excluding hydrogens is 383 g/mol. The molecule has 28 heavy (non-hydrogen) atoms. The molecule has 3 rings (SSSR count). The van der Waals surface area contributed by atoms with E-state index in [1.165, 1.54) is 24.3 Å². The third kappa shape index (κ3) is 4.58. The van der Waals surface area contributed by atoms with Crippen LogP contribution in [0, 0.1) is 10.1 Å². The normalized spacial score (nSPS) is 13.4. The fourth-order valence-corrected chi connectivity index (χ4v) is 2.73. The lowest BCUT2D eigenvalue weighted by Gasteiger charge is -2.20. The van der Waals surface area contributed by atoms with Gasteiger partial charge in [0.05, 0.1) is 23.5 Å². The maximum absolute atomic E-state index is 12.7. The highest BCUT2D eigenvalue weighted by Crippen LogP contribution is 2.33. The third-order valence-electron chi connectivity index (χ3n) is 3.97. The predicted octanol–water partition coefficient (Wildman–Crippen LogP) is 3.77. The Morgan fingerprint density at radius 2 is 2.04 bits per heavy atom. The Balaban J connectivity index is 1.71. The van der Waals surface area contributed by atoms with Gasteiger partial charge in [-0.2, -0.15) is 13.2 Å². The molecule has 0 aromatic heterocycles. The molecular formula is C18H14F3NO6. The number of non-ortho nitro benzene ring substituents is 1. The van der Waals surface area contributed by atoms with Gasteiger partial charge < -0.3 is 14.2 Å². The number of esters is 1. The molecule has 1 heterocycles. The Morgan fingerprint density at radius 3 is 2.75 bits per heavy atom. The van der Waals surface area contributed by atoms with E-state index >= 15 is 0 Å². The van der Waals surface area contributed by atoms with Gasteiger partial charge in [-0.3, -0.25) is 14.9 Å². The molecule has 1 aliphatic heterocycles. The predicted molar refractivity (Wildman–Crippen MR) is 88.3 cm³/mol. The van der Waals surface area contributed by atoms with Crippen molar-refractivity contribution < 1.29 is 37.1 Å². The van der Waals surface area contributed by atoms with Crippen molar-refractivity contribution in [2.24, 2.45) is 0 Å². The Labute approximate surface area is 156 Å². The lowest BCUT2D eigenvalue weighted by atomic mass is 10.1. The molecule has 0 amide bonds. The van der Waals surface area contributed by atoms with Crippen LogP contribution in [0.4, 0.5) is 18.9 Å². The van der Waals surface area contributed by atoms with Crippen LogP contribution in [0.15, 0.2) is 36.4 Å². The maximum atomic E-state index is 12.7. The number of nitro groups is 1. The molecule has 0 atom stereocenters. The number of benzene rings is 2. The van der Waals surface area contributed by atoms with Crippen molar-refractivity contribution in [2.75, 3.05) is 6.79 Å². The number of halogens is 3. The molecule has 10 heteroatoms. The van der Waals surface area contributed by atoms with Gasteiger partial charge in [-0.05, 0) is 11.6 Å². The zero-order chi connectivity index (χ0) is 20.3. The fraction of sp³-hybridized carbons (Fsp3) is 0.278. The van der Waals surface area contributed by atoms with Crippen LogP contribution in [0.25, 0.3) is 0 Å². The Morgan fingerprint density at radius 1 is 1.25 bits per heavy atom. The smallest absolute Gasteiger partial charge is 0.416 e. The van der Waals surface area contributed by atoms with Gasteiger partial charge in [-0.25, -0.2) is 0 Å². The molecule has 0 aliphatic carbocycles. The minimum absolute atomic E-state index is 0.0456. The Hall–Kier alpha value is -3.14. The van der Waals surface area contributed by atoms with Gasteiger partial charge in [0.1, 0.15) is 12.4 Å². The first-order valence-corrected chi connectivity index (χ1v) is 8.06. The van der Waals surface area contributed by atoms with E-state index in [1.807, 2.05) is 0 Å². The molecule has 0 bridgehead atoms. The van der Waals surface area contributed by atoms with Crippen LogP contribution >= 0.6 is 0 Å². The molecule has 0 spiro atoms. The number of nitrogens with zero attached hydrogens (tertiary/aromatic N) is 1. The highest BCUT2D eigenvalue weighted by Gasteiger charge is 2.30. The quantitative estimate of drug-likeness (QED) is 0.434. The van der Waals surface area contributed by atoms with Gasteiger partial charge in [0.15, 0.2) is 6.79 Å². The molecule has 2 aromatic rings. The van der Waals surface area contributed by atoms with E-state index in [1.54, 1.807) is 0 Å². The van der Waals surface area contributed by atoms with E-state index in [4.69, 9.17) is 14.2 Å². The topological polar surface area (TPSA) is 87.9 Å². The van der Waals surface area contributed by atoms with Gasteiger partial charge in [0, 0.05) is 23.3 Å². The van der Waals surface area contributed by atoms with E-state index in [0.29, 0.717) is 11.3 Å². The summed E-state index contributed by atoms with van der Waals surface area (Å²) in [5.74, 6) is -0.435. The molecule has 0 radical (unpaired) electrons. The first-order chi connectivity index (χ1) is 13.2. The molecule has 0 unspecified atom stereocenters. The van der Waals surface area contributed by atoms with E-state index in [0.717, 1.165) is 12.1 Å². The van der Waals surface area contributed by atoms with Crippen molar-refractivity contribution in [2.45, 2.75) is 25.8 Å². The van der Waals surface area contributed by atoms with Crippen molar-refractivity contribution in [1.29, 1.82) is 0 Å². The Bertz CT molecular complexity index is 913. The number of carbonyl (C=O) groups is 1. The first kappa shape index (κ1) is 19.6. The minimum atomic E-state index is -4.51. The number of nitro benzene ring substituents is 1. The summed E-state index contributed by atoms with van der Waals surface area (Å²) in [7, 11) is 0. The van der Waals surface area contributed by atoms with Gasteiger partial charge in [-0.15, -0.1) is 0 Å². The SMILES string of the molecule is O=C(Cc1cccc(C(F)(F)F)c1)OCc1cc([N+](=O)[O-])cc2c1OCOC2. The molecule has 0 N–H and O–H groups in total. The van der Waals surface area contributed by atoms with Gasteiger partial charge >= 0.3 is 12.1 Å². The number of alkyl halides is 3. The number of hydrogen-bond donors (Lipinski definition) is 0. The summed E-state index contributed by atoms with van der Waals surface area (Å²) < 4.78 is 53.7. The average Bonchev–Trinajstić information content (AvgIpc) is 2.65. The first-order valence-electron chi connectivity index (χ1n) is 8.06. The summed E-state index contributed by atoms with van der Waals surface area (Å²) >= 11 is 0. The number of hydrogen-bond acceptors (Lipinski definition) is 6. The van der Waals surface area contributed by atoms with Crippen molar-refractivity contribution >= 4 is 11.7 Å². The number of rotatable bonds is 5.